The van der Waals surface area contributed by atoms with Crippen molar-refractivity contribution in [2.45, 2.75) is 0 Å². The van der Waals surface area contributed by atoms with Gasteiger partial charge in [0.1, 0.15) is 5.75 Å². The van der Waals surface area contributed by atoms with Crippen molar-refractivity contribution >= 4 is 34.2 Å². The van der Waals surface area contributed by atoms with Crippen LogP contribution in [0.3, 0.4) is 0 Å². The second-order valence-corrected chi connectivity index (χ2v) is 7.57. The number of hydrogen-bond donors (Lipinski definition) is 1. The molecule has 2 aromatic carbocycles. The van der Waals surface area contributed by atoms with Crippen molar-refractivity contribution in [1.82, 2.24) is 14.6 Å². The minimum atomic E-state index is -0.374. The van der Waals surface area contributed by atoms with Gasteiger partial charge < -0.3 is 18.9 Å². The highest BCUT2D eigenvalue weighted by molar-refractivity contribution is 7.15. The van der Waals surface area contributed by atoms with Crippen molar-refractivity contribution in [3.63, 3.8) is 0 Å². The van der Waals surface area contributed by atoms with Gasteiger partial charge in [-0.3, -0.25) is 10.1 Å². The lowest BCUT2D eigenvalue weighted by molar-refractivity contribution is -0.111. The van der Waals surface area contributed by atoms with E-state index in [1.807, 2.05) is 29.6 Å². The number of carbonyl (C=O) groups is 1. The predicted octanol–water partition coefficient (Wildman–Crippen LogP) is 4.14. The van der Waals surface area contributed by atoms with Crippen LogP contribution in [0, 0.1) is 0 Å². The number of thiazole rings is 1. The van der Waals surface area contributed by atoms with Crippen LogP contribution in [-0.2, 0) is 4.79 Å². The molecule has 0 bridgehead atoms. The maximum atomic E-state index is 12.5. The molecule has 0 aliphatic heterocycles. The number of amides is 1. The Hall–Kier alpha value is -4.05. The molecule has 0 spiro atoms. The van der Waals surface area contributed by atoms with E-state index < -0.39 is 0 Å². The highest BCUT2D eigenvalue weighted by Crippen LogP contribution is 2.38. The molecule has 0 atom stereocenters. The number of nitrogens with zero attached hydrogens (tertiary/aromatic N) is 3. The van der Waals surface area contributed by atoms with Crippen LogP contribution in [0.25, 0.3) is 22.3 Å². The summed E-state index contributed by atoms with van der Waals surface area (Å²) in [6, 6.07) is 11.1. The number of fused-ring (bicyclic) bond motifs is 1. The quantitative estimate of drug-likeness (QED) is 0.390. The number of para-hydroxylation sites is 1. The Labute approximate surface area is 194 Å². The molecule has 9 nitrogen and oxygen atoms in total. The van der Waals surface area contributed by atoms with Crippen LogP contribution in [0.5, 0.6) is 23.0 Å². The SMILES string of the molecule is COc1ccccc1-c1csc2nc(NC(=O)/C=C/c3cc(OC)c(OC)c(OC)c3)nn12. The fourth-order valence-electron chi connectivity index (χ4n) is 3.30. The number of carbonyl (C=O) groups excluding carboxylic acids is 1. The van der Waals surface area contributed by atoms with Crippen molar-refractivity contribution in [3.8, 4) is 34.3 Å². The first-order valence-corrected chi connectivity index (χ1v) is 10.7. The predicted molar refractivity (Wildman–Crippen MR) is 127 cm³/mol. The Morgan fingerprint density at radius 3 is 2.36 bits per heavy atom. The van der Waals surface area contributed by atoms with E-state index in [4.69, 9.17) is 18.9 Å². The van der Waals surface area contributed by atoms with Gasteiger partial charge in [-0.05, 0) is 35.9 Å². The third-order valence-electron chi connectivity index (χ3n) is 4.81. The number of hydrogen-bond acceptors (Lipinski definition) is 8. The minimum Gasteiger partial charge on any atom is -0.496 e. The lowest BCUT2D eigenvalue weighted by atomic mass is 10.1. The van der Waals surface area contributed by atoms with Gasteiger partial charge in [-0.1, -0.05) is 12.1 Å². The topological polar surface area (TPSA) is 96.2 Å². The van der Waals surface area contributed by atoms with Crippen molar-refractivity contribution < 1.29 is 23.7 Å². The van der Waals surface area contributed by atoms with Crippen molar-refractivity contribution in [2.75, 3.05) is 33.8 Å². The average Bonchev–Trinajstić information content (AvgIpc) is 3.42. The number of methoxy groups -OCH3 is 4. The average molecular weight is 467 g/mol. The number of benzene rings is 2. The smallest absolute Gasteiger partial charge is 0.250 e. The van der Waals surface area contributed by atoms with Gasteiger partial charge in [0.2, 0.25) is 10.7 Å². The molecule has 2 heterocycles. The third kappa shape index (κ3) is 4.46. The van der Waals surface area contributed by atoms with Crippen LogP contribution >= 0.6 is 11.3 Å². The summed E-state index contributed by atoms with van der Waals surface area (Å²) in [7, 11) is 6.22. The van der Waals surface area contributed by atoms with Crippen molar-refractivity contribution in [2.24, 2.45) is 0 Å². The molecule has 33 heavy (non-hydrogen) atoms. The summed E-state index contributed by atoms with van der Waals surface area (Å²) in [5, 5.41) is 9.08. The number of rotatable bonds is 8. The van der Waals surface area contributed by atoms with Gasteiger partial charge in [0.25, 0.3) is 11.9 Å². The zero-order valence-corrected chi connectivity index (χ0v) is 19.3. The number of aromatic nitrogens is 3. The summed E-state index contributed by atoms with van der Waals surface area (Å²) < 4.78 is 23.1. The fraction of sp³-hybridized carbons (Fsp3) is 0.174. The molecular formula is C23H22N4O5S. The maximum absolute atomic E-state index is 12.5. The summed E-state index contributed by atoms with van der Waals surface area (Å²) in [6.07, 6.45) is 3.02. The van der Waals surface area contributed by atoms with E-state index in [9.17, 15) is 4.79 Å². The molecule has 0 saturated carbocycles. The highest BCUT2D eigenvalue weighted by atomic mass is 32.1. The van der Waals surface area contributed by atoms with Crippen molar-refractivity contribution in [1.29, 1.82) is 0 Å². The van der Waals surface area contributed by atoms with E-state index in [0.29, 0.717) is 27.8 Å². The molecule has 4 rings (SSSR count). The molecule has 1 N–H and O–H groups in total. The first-order valence-electron chi connectivity index (χ1n) is 9.84. The molecule has 0 aliphatic carbocycles. The zero-order valence-electron chi connectivity index (χ0n) is 18.5. The minimum absolute atomic E-state index is 0.206. The van der Waals surface area contributed by atoms with Gasteiger partial charge >= 0.3 is 0 Å². The van der Waals surface area contributed by atoms with Gasteiger partial charge in [-0.15, -0.1) is 16.4 Å². The van der Waals surface area contributed by atoms with E-state index >= 15 is 0 Å². The van der Waals surface area contributed by atoms with Gasteiger partial charge in [-0.2, -0.15) is 4.98 Å². The summed E-state index contributed by atoms with van der Waals surface area (Å²) in [4.78, 5) is 17.5. The maximum Gasteiger partial charge on any atom is 0.250 e. The number of ether oxygens (including phenoxy) is 4. The summed E-state index contributed by atoms with van der Waals surface area (Å²) >= 11 is 1.42. The van der Waals surface area contributed by atoms with Gasteiger partial charge in [0.05, 0.1) is 34.1 Å². The first-order chi connectivity index (χ1) is 16.1. The molecule has 0 unspecified atom stereocenters. The summed E-state index contributed by atoms with van der Waals surface area (Å²) in [5.74, 6) is 2.04. The van der Waals surface area contributed by atoms with E-state index in [2.05, 4.69) is 15.4 Å². The molecule has 0 saturated heterocycles. The Morgan fingerprint density at radius 2 is 1.70 bits per heavy atom. The second kappa shape index (κ2) is 9.61. The van der Waals surface area contributed by atoms with E-state index in [1.165, 1.54) is 38.7 Å². The molecule has 0 radical (unpaired) electrons. The third-order valence-corrected chi connectivity index (χ3v) is 5.63. The van der Waals surface area contributed by atoms with Crippen LogP contribution in [-0.4, -0.2) is 48.9 Å². The summed E-state index contributed by atoms with van der Waals surface area (Å²) in [6.45, 7) is 0. The molecule has 170 valence electrons. The second-order valence-electron chi connectivity index (χ2n) is 6.73. The fourth-order valence-corrected chi connectivity index (χ4v) is 4.12. The zero-order chi connectivity index (χ0) is 23.4. The number of anilines is 1. The standard InChI is InChI=1S/C23H22N4O5S/c1-29-17-8-6-5-7-15(17)16-13-33-23-25-22(26-27(16)23)24-20(28)10-9-14-11-18(30-2)21(32-4)19(12-14)31-3/h5-13H,1-4H3,(H,24,26,28)/b10-9+. The lowest BCUT2D eigenvalue weighted by Crippen LogP contribution is -2.09. The molecule has 2 aromatic heterocycles. The van der Waals surface area contributed by atoms with Crippen LogP contribution < -0.4 is 24.3 Å². The van der Waals surface area contributed by atoms with Crippen LogP contribution in [0.2, 0.25) is 0 Å². The van der Waals surface area contributed by atoms with E-state index in [-0.39, 0.29) is 11.9 Å². The van der Waals surface area contributed by atoms with Gasteiger partial charge in [-0.25, -0.2) is 4.52 Å². The Balaban J connectivity index is 1.54. The molecule has 0 aliphatic rings. The molecule has 1 amide bonds. The summed E-state index contributed by atoms with van der Waals surface area (Å²) in [5.41, 5.74) is 2.42. The van der Waals surface area contributed by atoms with Gasteiger partial charge in [0, 0.05) is 17.0 Å². The normalized spacial score (nSPS) is 11.0. The first kappa shape index (κ1) is 22.2. The molecule has 4 aromatic rings. The van der Waals surface area contributed by atoms with Crippen molar-refractivity contribution in [3.05, 3.63) is 53.4 Å². The lowest BCUT2D eigenvalue weighted by Gasteiger charge is -2.12. The molecule has 0 fully saturated rings. The Morgan fingerprint density at radius 1 is 1.00 bits per heavy atom. The molecule has 10 heteroatoms. The van der Waals surface area contributed by atoms with Crippen LogP contribution in [0.1, 0.15) is 5.56 Å². The van der Waals surface area contributed by atoms with E-state index in [0.717, 1.165) is 17.0 Å². The van der Waals surface area contributed by atoms with Crippen LogP contribution in [0.4, 0.5) is 5.95 Å². The Bertz CT molecular complexity index is 1300. The monoisotopic (exact) mass is 466 g/mol. The number of nitrogens with one attached hydrogen (secondary N) is 1. The Kier molecular flexibility index (Phi) is 6.45. The largest absolute Gasteiger partial charge is 0.496 e. The highest BCUT2D eigenvalue weighted by Gasteiger charge is 2.16. The van der Waals surface area contributed by atoms with Crippen LogP contribution in [0.15, 0.2) is 47.9 Å². The van der Waals surface area contributed by atoms with E-state index in [1.54, 1.807) is 29.8 Å². The molecular weight excluding hydrogens is 444 g/mol. The van der Waals surface area contributed by atoms with Gasteiger partial charge in [0.15, 0.2) is 11.5 Å².